The molecule has 0 unspecified atom stereocenters. The summed E-state index contributed by atoms with van der Waals surface area (Å²) in [5, 5.41) is -0.00385. The zero-order chi connectivity index (χ0) is 10.8. The summed E-state index contributed by atoms with van der Waals surface area (Å²) in [4.78, 5) is 10.4. The molecule has 0 N–H and O–H groups in total. The second-order valence-electron chi connectivity index (χ2n) is 3.28. The number of carbonyl (C=O) groups excluding carboxylic acids is 1. The minimum atomic E-state index is -4.89. The van der Waals surface area contributed by atoms with E-state index in [0.29, 0.717) is 25.7 Å². The van der Waals surface area contributed by atoms with Gasteiger partial charge in [-0.05, 0) is 25.7 Å². The molecule has 1 aliphatic rings. The number of carbonyl (C=O) groups is 1. The van der Waals surface area contributed by atoms with E-state index in [4.69, 9.17) is 11.6 Å². The maximum absolute atomic E-state index is 11.8. The van der Waals surface area contributed by atoms with Gasteiger partial charge in [-0.3, -0.25) is 0 Å². The molecule has 0 heterocycles. The highest BCUT2D eigenvalue weighted by atomic mass is 35.5. The average molecular weight is 231 g/mol. The Hall–Kier alpha value is -0.450. The van der Waals surface area contributed by atoms with Crippen molar-refractivity contribution in [3.05, 3.63) is 0 Å². The molecule has 0 bridgehead atoms. The zero-order valence-electron chi connectivity index (χ0n) is 7.31. The van der Waals surface area contributed by atoms with Crippen LogP contribution in [-0.2, 0) is 9.53 Å². The molecule has 0 aromatic rings. The molecular formula is C8H10ClF3O2. The first kappa shape index (κ1) is 11.6. The Morgan fingerprint density at radius 2 is 1.71 bits per heavy atom. The van der Waals surface area contributed by atoms with Crippen molar-refractivity contribution in [1.29, 1.82) is 0 Å². The maximum Gasteiger partial charge on any atom is 0.490 e. The fourth-order valence-electron chi connectivity index (χ4n) is 1.36. The monoisotopic (exact) mass is 230 g/mol. The summed E-state index contributed by atoms with van der Waals surface area (Å²) in [5.74, 6) is -2.10. The van der Waals surface area contributed by atoms with E-state index in [2.05, 4.69) is 4.74 Å². The molecule has 14 heavy (non-hydrogen) atoms. The van der Waals surface area contributed by atoms with Gasteiger partial charge in [-0.25, -0.2) is 4.79 Å². The molecule has 0 radical (unpaired) electrons. The third-order valence-electron chi connectivity index (χ3n) is 2.11. The molecule has 0 amide bonds. The van der Waals surface area contributed by atoms with Gasteiger partial charge in [-0.15, -0.1) is 11.6 Å². The van der Waals surface area contributed by atoms with Crippen molar-refractivity contribution in [3.8, 4) is 0 Å². The van der Waals surface area contributed by atoms with Crippen molar-refractivity contribution in [2.75, 3.05) is 0 Å². The highest BCUT2D eigenvalue weighted by molar-refractivity contribution is 6.20. The maximum atomic E-state index is 11.8. The minimum absolute atomic E-state index is 0.00385. The van der Waals surface area contributed by atoms with Gasteiger partial charge in [0.05, 0.1) is 0 Å². The first-order valence-electron chi connectivity index (χ1n) is 4.31. The Morgan fingerprint density at radius 1 is 1.21 bits per heavy atom. The van der Waals surface area contributed by atoms with Gasteiger partial charge in [0.2, 0.25) is 0 Å². The number of alkyl halides is 4. The van der Waals surface area contributed by atoms with Crippen molar-refractivity contribution >= 4 is 17.6 Å². The van der Waals surface area contributed by atoms with Crippen LogP contribution in [0.4, 0.5) is 13.2 Å². The molecule has 2 nitrogen and oxygen atoms in total. The molecule has 6 heteroatoms. The van der Waals surface area contributed by atoms with Crippen LogP contribution in [0, 0.1) is 0 Å². The third-order valence-corrected chi connectivity index (χ3v) is 2.55. The predicted octanol–water partition coefficient (Wildman–Crippen LogP) is 2.64. The van der Waals surface area contributed by atoms with E-state index in [-0.39, 0.29) is 5.38 Å². The lowest BCUT2D eigenvalue weighted by Gasteiger charge is -2.25. The lowest BCUT2D eigenvalue weighted by atomic mass is 9.97. The van der Waals surface area contributed by atoms with Crippen LogP contribution >= 0.6 is 11.6 Å². The zero-order valence-corrected chi connectivity index (χ0v) is 8.07. The normalized spacial score (nSPS) is 28.6. The molecule has 0 spiro atoms. The van der Waals surface area contributed by atoms with Crippen molar-refractivity contribution in [3.63, 3.8) is 0 Å². The molecule has 0 atom stereocenters. The smallest absolute Gasteiger partial charge is 0.456 e. The van der Waals surface area contributed by atoms with E-state index in [1.54, 1.807) is 0 Å². The van der Waals surface area contributed by atoms with Gasteiger partial charge < -0.3 is 4.74 Å². The summed E-state index contributed by atoms with van der Waals surface area (Å²) in [7, 11) is 0. The Bertz CT molecular complexity index is 209. The Balaban J connectivity index is 2.35. The fourth-order valence-corrected chi connectivity index (χ4v) is 1.61. The van der Waals surface area contributed by atoms with E-state index in [1.165, 1.54) is 0 Å². The number of hydrogen-bond donors (Lipinski definition) is 0. The number of ether oxygens (including phenoxy) is 1. The molecule has 1 aliphatic carbocycles. The van der Waals surface area contributed by atoms with Crippen molar-refractivity contribution in [2.45, 2.75) is 43.3 Å². The van der Waals surface area contributed by atoms with Crippen molar-refractivity contribution in [1.82, 2.24) is 0 Å². The molecule has 0 aliphatic heterocycles. The van der Waals surface area contributed by atoms with Gasteiger partial charge in [0.15, 0.2) is 0 Å². The van der Waals surface area contributed by atoms with Crippen LogP contribution in [0.3, 0.4) is 0 Å². The lowest BCUT2D eigenvalue weighted by molar-refractivity contribution is -0.206. The lowest BCUT2D eigenvalue weighted by Crippen LogP contribution is -2.32. The summed E-state index contributed by atoms with van der Waals surface area (Å²) in [5.41, 5.74) is 0. The molecule has 1 rings (SSSR count). The fraction of sp³-hybridized carbons (Fsp3) is 0.875. The van der Waals surface area contributed by atoms with Crippen LogP contribution in [0.25, 0.3) is 0 Å². The van der Waals surface area contributed by atoms with Crippen LogP contribution in [0.5, 0.6) is 0 Å². The second kappa shape index (κ2) is 4.38. The van der Waals surface area contributed by atoms with Crippen molar-refractivity contribution in [2.24, 2.45) is 0 Å². The van der Waals surface area contributed by atoms with Crippen LogP contribution in [-0.4, -0.2) is 23.6 Å². The summed E-state index contributed by atoms with van der Waals surface area (Å²) < 4.78 is 39.6. The highest BCUT2D eigenvalue weighted by Crippen LogP contribution is 2.27. The van der Waals surface area contributed by atoms with Crippen LogP contribution in [0.2, 0.25) is 0 Å². The van der Waals surface area contributed by atoms with Crippen LogP contribution < -0.4 is 0 Å². The van der Waals surface area contributed by atoms with Gasteiger partial charge >= 0.3 is 12.1 Å². The SMILES string of the molecule is O=C(OC1CCC(Cl)CC1)C(F)(F)F. The molecular weight excluding hydrogens is 221 g/mol. The Morgan fingerprint density at radius 3 is 2.14 bits per heavy atom. The first-order valence-corrected chi connectivity index (χ1v) is 4.75. The van der Waals surface area contributed by atoms with E-state index in [0.717, 1.165) is 0 Å². The van der Waals surface area contributed by atoms with Crippen LogP contribution in [0.1, 0.15) is 25.7 Å². The van der Waals surface area contributed by atoms with E-state index >= 15 is 0 Å². The van der Waals surface area contributed by atoms with E-state index in [1.807, 2.05) is 0 Å². The van der Waals surface area contributed by atoms with Gasteiger partial charge in [-0.2, -0.15) is 13.2 Å². The minimum Gasteiger partial charge on any atom is -0.456 e. The van der Waals surface area contributed by atoms with Crippen molar-refractivity contribution < 1.29 is 22.7 Å². The third kappa shape index (κ3) is 3.36. The predicted molar refractivity (Wildman–Crippen MR) is 44.0 cm³/mol. The molecule has 1 saturated carbocycles. The first-order chi connectivity index (χ1) is 6.39. The van der Waals surface area contributed by atoms with E-state index in [9.17, 15) is 18.0 Å². The molecule has 1 fully saturated rings. The summed E-state index contributed by atoms with van der Waals surface area (Å²) in [6.45, 7) is 0. The highest BCUT2D eigenvalue weighted by Gasteiger charge is 2.42. The Labute approximate surface area is 84.4 Å². The number of esters is 1. The van der Waals surface area contributed by atoms with Gasteiger partial charge in [0.1, 0.15) is 6.10 Å². The molecule has 82 valence electrons. The van der Waals surface area contributed by atoms with Crippen LogP contribution in [0.15, 0.2) is 0 Å². The van der Waals surface area contributed by atoms with Gasteiger partial charge in [-0.1, -0.05) is 0 Å². The van der Waals surface area contributed by atoms with E-state index < -0.39 is 18.2 Å². The number of rotatable bonds is 1. The quantitative estimate of drug-likeness (QED) is 0.511. The topological polar surface area (TPSA) is 26.3 Å². The Kier molecular flexibility index (Phi) is 3.64. The standard InChI is InChI=1S/C8H10ClF3O2/c9-5-1-3-6(4-2-5)14-7(13)8(10,11)12/h5-6H,1-4H2. The summed E-state index contributed by atoms with van der Waals surface area (Å²) in [6, 6.07) is 0. The average Bonchev–Trinajstić information content (AvgIpc) is 2.07. The number of hydrogen-bond acceptors (Lipinski definition) is 2. The summed E-state index contributed by atoms with van der Waals surface area (Å²) >= 11 is 5.75. The molecule has 0 saturated heterocycles. The molecule has 0 aromatic carbocycles. The summed E-state index contributed by atoms with van der Waals surface area (Å²) in [6.07, 6.45) is -3.50. The second-order valence-corrected chi connectivity index (χ2v) is 3.89. The van der Waals surface area contributed by atoms with Gasteiger partial charge in [0, 0.05) is 5.38 Å². The molecule has 0 aromatic heterocycles. The largest absolute Gasteiger partial charge is 0.490 e. The number of halogens is 4. The van der Waals surface area contributed by atoms with Gasteiger partial charge in [0.25, 0.3) is 0 Å².